The highest BCUT2D eigenvalue weighted by atomic mass is 127. The summed E-state index contributed by atoms with van der Waals surface area (Å²) < 4.78 is 42.6. The van der Waals surface area contributed by atoms with E-state index in [0.29, 0.717) is 17.1 Å². The summed E-state index contributed by atoms with van der Waals surface area (Å²) in [6.07, 6.45) is 0. The van der Waals surface area contributed by atoms with Gasteiger partial charge >= 0.3 is 6.61 Å². The molecule has 0 heterocycles. The first-order valence-electron chi connectivity index (χ1n) is 7.44. The fourth-order valence-corrected chi connectivity index (χ4v) is 2.11. The normalized spacial score (nSPS) is 11.0. The molecule has 0 atom stereocenters. The molecule has 3 N–H and O–H groups in total. The van der Waals surface area contributed by atoms with Gasteiger partial charge in [0.2, 0.25) is 0 Å². The van der Waals surface area contributed by atoms with Crippen LogP contribution < -0.4 is 15.4 Å². The number of hydrogen-bond donors (Lipinski definition) is 3. The maximum absolute atomic E-state index is 13.3. The number of benzene rings is 2. The fourth-order valence-electron chi connectivity index (χ4n) is 2.11. The summed E-state index contributed by atoms with van der Waals surface area (Å²) in [4.78, 5) is 4.01. The van der Waals surface area contributed by atoms with Crippen LogP contribution in [0.3, 0.4) is 0 Å². The summed E-state index contributed by atoms with van der Waals surface area (Å²) in [6.45, 7) is -2.42. The van der Waals surface area contributed by atoms with Crippen LogP contribution in [0.25, 0.3) is 0 Å². The molecule has 0 fully saturated rings. The Morgan fingerprint density at radius 3 is 2.50 bits per heavy atom. The molecule has 0 aromatic heterocycles. The zero-order valence-corrected chi connectivity index (χ0v) is 16.2. The van der Waals surface area contributed by atoms with E-state index in [2.05, 4.69) is 20.4 Å². The number of rotatable bonds is 6. The van der Waals surface area contributed by atoms with Crippen LogP contribution >= 0.6 is 24.0 Å². The number of guanidine groups is 1. The molecule has 9 heteroatoms. The molecule has 0 amide bonds. The van der Waals surface area contributed by atoms with Crippen molar-refractivity contribution in [1.82, 2.24) is 10.6 Å². The molecular formula is C17H19F3IN3O2. The molecular weight excluding hydrogens is 462 g/mol. The molecule has 0 aliphatic heterocycles. The van der Waals surface area contributed by atoms with Gasteiger partial charge in [0.25, 0.3) is 0 Å². The molecule has 2 aromatic rings. The van der Waals surface area contributed by atoms with Crippen LogP contribution in [0.1, 0.15) is 11.1 Å². The molecule has 0 spiro atoms. The molecule has 2 rings (SSSR count). The van der Waals surface area contributed by atoms with Gasteiger partial charge in [-0.15, -0.1) is 24.0 Å². The average molecular weight is 481 g/mol. The zero-order chi connectivity index (χ0) is 18.2. The van der Waals surface area contributed by atoms with Gasteiger partial charge in [0.1, 0.15) is 5.75 Å². The summed E-state index contributed by atoms with van der Waals surface area (Å²) in [6, 6.07) is 10.5. The lowest BCUT2D eigenvalue weighted by Crippen LogP contribution is -2.36. The Hall–Kier alpha value is -2.17. The van der Waals surface area contributed by atoms with Crippen molar-refractivity contribution >= 4 is 29.9 Å². The standard InChI is InChI=1S/C17H18F3N3O2.HI/c1-21-17(22-9-11-6-7-14(24)13(18)8-11)23-10-12-4-2-3-5-15(12)25-16(19)20;/h2-8,16,24H,9-10H2,1H3,(H2,21,22,23);1H. The van der Waals surface area contributed by atoms with Gasteiger partial charge in [-0.1, -0.05) is 24.3 Å². The van der Waals surface area contributed by atoms with E-state index >= 15 is 0 Å². The van der Waals surface area contributed by atoms with Crippen molar-refractivity contribution < 1.29 is 23.0 Å². The van der Waals surface area contributed by atoms with Gasteiger partial charge in [0.15, 0.2) is 17.5 Å². The van der Waals surface area contributed by atoms with Crippen LogP contribution in [-0.2, 0) is 13.1 Å². The van der Waals surface area contributed by atoms with Crippen LogP contribution in [0, 0.1) is 5.82 Å². The minimum atomic E-state index is -2.90. The molecule has 0 saturated carbocycles. The predicted octanol–water partition coefficient (Wildman–Crippen LogP) is 3.62. The number of phenolic OH excluding ortho intramolecular Hbond substituents is 1. The SMILES string of the molecule is CN=C(NCc1ccc(O)c(F)c1)NCc1ccccc1OC(F)F.I. The highest BCUT2D eigenvalue weighted by molar-refractivity contribution is 14.0. The van der Waals surface area contributed by atoms with Crippen LogP contribution in [0.2, 0.25) is 0 Å². The average Bonchev–Trinajstić information content (AvgIpc) is 2.59. The molecule has 0 aliphatic rings. The Balaban J connectivity index is 0.00000338. The number of phenols is 1. The van der Waals surface area contributed by atoms with Gasteiger partial charge in [0, 0.05) is 25.7 Å². The largest absolute Gasteiger partial charge is 0.505 e. The molecule has 0 unspecified atom stereocenters. The smallest absolute Gasteiger partial charge is 0.387 e. The third-order valence-corrected chi connectivity index (χ3v) is 3.33. The predicted molar refractivity (Wildman–Crippen MR) is 104 cm³/mol. The van der Waals surface area contributed by atoms with Crippen LogP contribution in [0.15, 0.2) is 47.5 Å². The van der Waals surface area contributed by atoms with Crippen LogP contribution in [-0.4, -0.2) is 24.7 Å². The van der Waals surface area contributed by atoms with E-state index in [1.807, 2.05) is 0 Å². The second kappa shape index (κ2) is 10.7. The first-order valence-corrected chi connectivity index (χ1v) is 7.44. The Bertz CT molecular complexity index is 745. The van der Waals surface area contributed by atoms with Crippen molar-refractivity contribution in [3.8, 4) is 11.5 Å². The monoisotopic (exact) mass is 481 g/mol. The molecule has 0 aliphatic carbocycles. The third kappa shape index (κ3) is 6.62. The molecule has 26 heavy (non-hydrogen) atoms. The summed E-state index contributed by atoms with van der Waals surface area (Å²) in [5.41, 5.74) is 1.15. The summed E-state index contributed by atoms with van der Waals surface area (Å²) in [7, 11) is 1.55. The van der Waals surface area contributed by atoms with Crippen LogP contribution in [0.4, 0.5) is 13.2 Å². The van der Waals surface area contributed by atoms with E-state index in [1.54, 1.807) is 31.3 Å². The van der Waals surface area contributed by atoms with E-state index < -0.39 is 18.2 Å². The first kappa shape index (κ1) is 21.9. The van der Waals surface area contributed by atoms with Crippen molar-refractivity contribution in [1.29, 1.82) is 0 Å². The van der Waals surface area contributed by atoms with Crippen molar-refractivity contribution in [2.75, 3.05) is 7.05 Å². The Kier molecular flexibility index (Phi) is 9.03. The second-order valence-corrected chi connectivity index (χ2v) is 5.05. The van der Waals surface area contributed by atoms with Crippen molar-refractivity contribution in [2.45, 2.75) is 19.7 Å². The van der Waals surface area contributed by atoms with Crippen molar-refractivity contribution in [2.24, 2.45) is 4.99 Å². The number of aromatic hydroxyl groups is 1. The van der Waals surface area contributed by atoms with E-state index in [1.165, 1.54) is 18.2 Å². The zero-order valence-electron chi connectivity index (χ0n) is 13.9. The second-order valence-electron chi connectivity index (χ2n) is 5.05. The first-order chi connectivity index (χ1) is 12.0. The molecule has 2 aromatic carbocycles. The molecule has 0 bridgehead atoms. The number of hydrogen-bond acceptors (Lipinski definition) is 3. The number of nitrogens with zero attached hydrogens (tertiary/aromatic N) is 1. The number of halogens is 4. The fraction of sp³-hybridized carbons (Fsp3) is 0.235. The van der Waals surface area contributed by atoms with Gasteiger partial charge in [-0.05, 0) is 23.8 Å². The molecule has 0 radical (unpaired) electrons. The summed E-state index contributed by atoms with van der Waals surface area (Å²) >= 11 is 0. The lowest BCUT2D eigenvalue weighted by molar-refractivity contribution is -0.0504. The minimum Gasteiger partial charge on any atom is -0.505 e. The Morgan fingerprint density at radius 2 is 1.85 bits per heavy atom. The van der Waals surface area contributed by atoms with Crippen molar-refractivity contribution in [3.63, 3.8) is 0 Å². The number of aliphatic imine (C=N–C) groups is 1. The lowest BCUT2D eigenvalue weighted by Gasteiger charge is -2.14. The molecule has 142 valence electrons. The highest BCUT2D eigenvalue weighted by Gasteiger charge is 2.09. The Labute approximate surface area is 166 Å². The van der Waals surface area contributed by atoms with Gasteiger partial charge in [-0.2, -0.15) is 8.78 Å². The molecule has 0 saturated heterocycles. The Morgan fingerprint density at radius 1 is 1.15 bits per heavy atom. The van der Waals surface area contributed by atoms with Gasteiger partial charge in [0.05, 0.1) is 0 Å². The maximum atomic E-state index is 13.3. The quantitative estimate of drug-likeness (QED) is 0.335. The lowest BCUT2D eigenvalue weighted by atomic mass is 10.2. The van der Waals surface area contributed by atoms with Crippen molar-refractivity contribution in [3.05, 3.63) is 59.4 Å². The highest BCUT2D eigenvalue weighted by Crippen LogP contribution is 2.20. The number of para-hydroxylation sites is 1. The van der Waals surface area contributed by atoms with E-state index in [4.69, 9.17) is 5.11 Å². The molecule has 5 nitrogen and oxygen atoms in total. The summed E-state index contributed by atoms with van der Waals surface area (Å²) in [5.74, 6) is -0.636. The third-order valence-electron chi connectivity index (χ3n) is 3.33. The number of nitrogens with one attached hydrogen (secondary N) is 2. The van der Waals surface area contributed by atoms with Crippen LogP contribution in [0.5, 0.6) is 11.5 Å². The number of alkyl halides is 2. The summed E-state index contributed by atoms with van der Waals surface area (Å²) in [5, 5.41) is 15.1. The van der Waals surface area contributed by atoms with Gasteiger partial charge < -0.3 is 20.5 Å². The van der Waals surface area contributed by atoms with E-state index in [0.717, 1.165) is 0 Å². The van der Waals surface area contributed by atoms with E-state index in [-0.39, 0.29) is 42.8 Å². The van der Waals surface area contributed by atoms with Gasteiger partial charge in [-0.3, -0.25) is 4.99 Å². The van der Waals surface area contributed by atoms with Gasteiger partial charge in [-0.25, -0.2) is 4.39 Å². The number of ether oxygens (including phenoxy) is 1. The minimum absolute atomic E-state index is 0. The maximum Gasteiger partial charge on any atom is 0.387 e. The van der Waals surface area contributed by atoms with E-state index in [9.17, 15) is 13.2 Å². The topological polar surface area (TPSA) is 65.9 Å².